The summed E-state index contributed by atoms with van der Waals surface area (Å²) in [6.07, 6.45) is 2.53. The highest BCUT2D eigenvalue weighted by Crippen LogP contribution is 2.43. The zero-order chi connectivity index (χ0) is 53.6. The molecule has 2 N–H and O–H groups in total. The van der Waals surface area contributed by atoms with Crippen LogP contribution in [0.25, 0.3) is 0 Å². The number of benzene rings is 4. The molecule has 0 radical (unpaired) electrons. The molecule has 6 amide bonds. The molecule has 0 atom stereocenters. The van der Waals surface area contributed by atoms with Crippen molar-refractivity contribution in [1.29, 1.82) is 0 Å². The first kappa shape index (κ1) is 54.7. The Balaban J connectivity index is 0.000000216. The topological polar surface area (TPSA) is 176 Å². The lowest BCUT2D eigenvalue weighted by atomic mass is 9.72. The van der Waals surface area contributed by atoms with Crippen LogP contribution >= 0.6 is 0 Å². The molecule has 4 saturated heterocycles. The highest BCUT2D eigenvalue weighted by molar-refractivity contribution is 5.97. The molecular weight excluding hydrogens is 953 g/mol. The molecule has 16 nitrogen and oxygen atoms in total. The van der Waals surface area contributed by atoms with Crippen LogP contribution in [-0.4, -0.2) is 133 Å². The molecule has 18 heteroatoms. The normalized spacial score (nSPS) is 16.7. The number of ether oxygens (including phenoxy) is 3. The maximum atomic E-state index is 14.9. The number of likely N-dealkylation sites (tertiary alicyclic amines) is 4. The SMILES string of the molecule is CC(C)(C)OC(=O)N1CC2(CCN(C(=O)N(Cc3ccc(C(=O)CN)cc3F)c3ccccc3)CC2)C1.COC(=O)c1ccc(CN(C(=O)N2CCC3(CC2)CN(C(=O)OC(C)(C)C)C3)c2ccccc2)c(F)c1. The van der Waals surface area contributed by atoms with Gasteiger partial charge in [0.2, 0.25) is 0 Å². The van der Waals surface area contributed by atoms with E-state index in [0.29, 0.717) is 74.9 Å². The first-order valence-corrected chi connectivity index (χ1v) is 25.1. The predicted octanol–water partition coefficient (Wildman–Crippen LogP) is 9.50. The Hall–Kier alpha value is -7.08. The van der Waals surface area contributed by atoms with Crippen LogP contribution in [0.1, 0.15) is 99.1 Å². The lowest BCUT2D eigenvalue weighted by Gasteiger charge is -2.53. The lowest BCUT2D eigenvalue weighted by Crippen LogP contribution is -2.63. The summed E-state index contributed by atoms with van der Waals surface area (Å²) in [5, 5.41) is 0. The molecule has 4 aliphatic rings. The number of carbonyl (C=O) groups excluding carboxylic acids is 6. The number of ketones is 1. The summed E-state index contributed by atoms with van der Waals surface area (Å²) in [5.41, 5.74) is 6.59. The van der Waals surface area contributed by atoms with Crippen LogP contribution in [0, 0.1) is 22.5 Å². The Kier molecular flexibility index (Phi) is 16.7. The Morgan fingerprint density at radius 3 is 1.26 bits per heavy atom. The van der Waals surface area contributed by atoms with Gasteiger partial charge < -0.3 is 39.5 Å². The van der Waals surface area contributed by atoms with Crippen molar-refractivity contribution in [2.75, 3.05) is 75.8 Å². The monoisotopic (exact) mass is 1020 g/mol. The van der Waals surface area contributed by atoms with Gasteiger partial charge in [-0.05, 0) is 110 Å². The quantitative estimate of drug-likeness (QED) is 0.0966. The summed E-state index contributed by atoms with van der Waals surface area (Å²) in [6, 6.07) is 26.3. The van der Waals surface area contributed by atoms with Crippen molar-refractivity contribution >= 4 is 47.4 Å². The van der Waals surface area contributed by atoms with Crippen LogP contribution in [0.4, 0.5) is 39.3 Å². The third-order valence-corrected chi connectivity index (χ3v) is 13.9. The van der Waals surface area contributed by atoms with Crippen molar-refractivity contribution in [3.05, 3.63) is 131 Å². The van der Waals surface area contributed by atoms with Gasteiger partial charge in [0.05, 0.1) is 32.3 Å². The first-order valence-electron chi connectivity index (χ1n) is 25.1. The average Bonchev–Trinajstić information content (AvgIpc) is 3.35. The molecule has 4 aromatic carbocycles. The van der Waals surface area contributed by atoms with Gasteiger partial charge in [-0.3, -0.25) is 14.6 Å². The summed E-state index contributed by atoms with van der Waals surface area (Å²) in [7, 11) is 1.24. The number of nitrogens with two attached hydrogens (primary N) is 1. The van der Waals surface area contributed by atoms with Gasteiger partial charge in [-0.2, -0.15) is 0 Å². The number of methoxy groups -OCH3 is 1. The molecular formula is C56H69F2N7O9. The zero-order valence-corrected chi connectivity index (χ0v) is 43.5. The largest absolute Gasteiger partial charge is 0.465 e. The Morgan fingerprint density at radius 2 is 0.919 bits per heavy atom. The number of hydrogen-bond donors (Lipinski definition) is 1. The fourth-order valence-electron chi connectivity index (χ4n) is 9.74. The molecule has 396 valence electrons. The van der Waals surface area contributed by atoms with E-state index >= 15 is 0 Å². The fourth-order valence-corrected chi connectivity index (χ4v) is 9.74. The predicted molar refractivity (Wildman–Crippen MR) is 276 cm³/mol. The third kappa shape index (κ3) is 13.4. The summed E-state index contributed by atoms with van der Waals surface area (Å²) in [4.78, 5) is 85.7. The van der Waals surface area contributed by atoms with Crippen molar-refractivity contribution in [3.63, 3.8) is 0 Å². The van der Waals surface area contributed by atoms with Crippen molar-refractivity contribution in [3.8, 4) is 0 Å². The minimum atomic E-state index is -0.620. The molecule has 0 aliphatic carbocycles. The van der Waals surface area contributed by atoms with E-state index in [1.165, 1.54) is 31.4 Å². The van der Waals surface area contributed by atoms with E-state index in [1.54, 1.807) is 35.5 Å². The second-order valence-corrected chi connectivity index (χ2v) is 21.8. The van der Waals surface area contributed by atoms with E-state index in [0.717, 1.165) is 31.7 Å². The van der Waals surface area contributed by atoms with Gasteiger partial charge in [0.1, 0.15) is 22.8 Å². The first-order chi connectivity index (χ1) is 35.0. The number of halogens is 2. The molecule has 2 spiro atoms. The third-order valence-electron chi connectivity index (χ3n) is 13.9. The molecule has 4 heterocycles. The van der Waals surface area contributed by atoms with E-state index in [1.807, 2.05) is 102 Å². The van der Waals surface area contributed by atoms with Crippen LogP contribution in [0.15, 0.2) is 97.1 Å². The number of amides is 6. The standard InChI is InChI=1S/C28H35FN4O4.C28H34FN3O5/c1-27(2,3)37-26(36)32-18-28(19-32)11-13-31(14-12-28)25(35)33(22-7-5-4-6-8-22)17-21-10-9-20(15-23(21)29)24(34)16-30;1-27(2,3)37-26(35)31-18-28(19-31)12-14-30(15-13-28)25(34)32(22-8-6-5-7-9-22)17-21-11-10-20(16-23(21)29)24(33)36-4/h4-10,15H,11-14,16-19,30H2,1-3H3;5-11,16H,12-15,17-19H2,1-4H3. The number of hydrogen-bond acceptors (Lipinski definition) is 10. The summed E-state index contributed by atoms with van der Waals surface area (Å²) >= 11 is 0. The number of anilines is 2. The highest BCUT2D eigenvalue weighted by atomic mass is 19.1. The molecule has 0 bridgehead atoms. The van der Waals surface area contributed by atoms with Gasteiger partial charge in [0.15, 0.2) is 5.78 Å². The van der Waals surface area contributed by atoms with Crippen molar-refractivity contribution in [2.45, 2.75) is 91.5 Å². The Labute approximate surface area is 432 Å². The van der Waals surface area contributed by atoms with Crippen LogP contribution in [-0.2, 0) is 27.3 Å². The van der Waals surface area contributed by atoms with E-state index in [4.69, 9.17) is 15.2 Å². The minimum absolute atomic E-state index is 0.00108. The number of Topliss-reactive ketones (excluding diaryl/α,β-unsaturated/α-hetero) is 1. The van der Waals surface area contributed by atoms with Crippen LogP contribution in [0.5, 0.6) is 0 Å². The number of urea groups is 2. The van der Waals surface area contributed by atoms with E-state index in [-0.39, 0.29) is 71.6 Å². The van der Waals surface area contributed by atoms with Crippen LogP contribution in [0.2, 0.25) is 0 Å². The lowest BCUT2D eigenvalue weighted by molar-refractivity contribution is -0.0550. The number of esters is 1. The number of nitrogens with zero attached hydrogens (tertiary/aromatic N) is 6. The van der Waals surface area contributed by atoms with Crippen LogP contribution < -0.4 is 15.5 Å². The number of rotatable bonds is 9. The second-order valence-electron chi connectivity index (χ2n) is 21.8. The van der Waals surface area contributed by atoms with Crippen LogP contribution in [0.3, 0.4) is 0 Å². The molecule has 74 heavy (non-hydrogen) atoms. The van der Waals surface area contributed by atoms with Gasteiger partial charge in [0.25, 0.3) is 0 Å². The second kappa shape index (κ2) is 22.6. The number of carbonyl (C=O) groups is 6. The van der Waals surface area contributed by atoms with E-state index < -0.39 is 28.8 Å². The number of para-hydroxylation sites is 2. The Morgan fingerprint density at radius 1 is 0.554 bits per heavy atom. The van der Waals surface area contributed by atoms with Gasteiger partial charge in [-0.15, -0.1) is 0 Å². The molecule has 4 aromatic rings. The maximum Gasteiger partial charge on any atom is 0.410 e. The Bertz CT molecular complexity index is 2480. The summed E-state index contributed by atoms with van der Waals surface area (Å²) in [5.74, 6) is -2.09. The van der Waals surface area contributed by atoms with Gasteiger partial charge in [0, 0.05) is 91.3 Å². The van der Waals surface area contributed by atoms with Crippen molar-refractivity contribution in [1.82, 2.24) is 19.6 Å². The van der Waals surface area contributed by atoms with Gasteiger partial charge in [-0.25, -0.2) is 32.8 Å². The fraction of sp³-hybridized carbons (Fsp3) is 0.464. The van der Waals surface area contributed by atoms with Gasteiger partial charge >= 0.3 is 30.2 Å². The highest BCUT2D eigenvalue weighted by Gasteiger charge is 2.50. The zero-order valence-electron chi connectivity index (χ0n) is 43.5. The van der Waals surface area contributed by atoms with E-state index in [2.05, 4.69) is 4.74 Å². The van der Waals surface area contributed by atoms with E-state index in [9.17, 15) is 37.5 Å². The molecule has 4 aliphatic heterocycles. The molecule has 0 aromatic heterocycles. The minimum Gasteiger partial charge on any atom is -0.465 e. The van der Waals surface area contributed by atoms with Crippen molar-refractivity contribution < 1.29 is 51.8 Å². The average molecular weight is 1020 g/mol. The molecule has 0 unspecified atom stereocenters. The van der Waals surface area contributed by atoms with Crippen molar-refractivity contribution in [2.24, 2.45) is 16.6 Å². The molecule has 4 fully saturated rings. The summed E-state index contributed by atoms with van der Waals surface area (Å²) in [6.45, 7) is 15.7. The van der Waals surface area contributed by atoms with Gasteiger partial charge in [-0.1, -0.05) is 54.6 Å². The molecule has 8 rings (SSSR count). The number of piperidine rings is 2. The summed E-state index contributed by atoms with van der Waals surface area (Å²) < 4.78 is 45.4. The molecule has 0 saturated carbocycles. The maximum absolute atomic E-state index is 14.9. The smallest absolute Gasteiger partial charge is 0.410 e.